The molecule has 0 atom stereocenters. The van der Waals surface area contributed by atoms with Crippen LogP contribution >= 0.6 is 11.6 Å². The number of nitrogens with two attached hydrogens (primary N) is 1. The van der Waals surface area contributed by atoms with Crippen LogP contribution in [0, 0.1) is 0 Å². The van der Waals surface area contributed by atoms with Crippen LogP contribution < -0.4 is 5.73 Å². The van der Waals surface area contributed by atoms with Gasteiger partial charge in [0, 0.05) is 17.8 Å². The molecular weight excluding hydrogens is 388 g/mol. The number of hydrogen-bond donors (Lipinski definition) is 1. The normalized spacial score (nSPS) is 11.2. The molecule has 0 unspecified atom stereocenters. The molecule has 4 aromatic heterocycles. The van der Waals surface area contributed by atoms with Crippen LogP contribution in [0.2, 0.25) is 0 Å². The molecule has 0 fully saturated rings. The van der Waals surface area contributed by atoms with Gasteiger partial charge < -0.3 is 5.73 Å². The molecule has 0 radical (unpaired) electrons. The Kier molecular flexibility index (Phi) is 4.18. The third-order valence-corrected chi connectivity index (χ3v) is 4.85. The minimum absolute atomic E-state index is 0.399. The summed E-state index contributed by atoms with van der Waals surface area (Å²) in [5.74, 6) is 2.09. The van der Waals surface area contributed by atoms with Gasteiger partial charge in [-0.1, -0.05) is 12.1 Å². The second kappa shape index (κ2) is 6.99. The van der Waals surface area contributed by atoms with E-state index in [4.69, 9.17) is 27.3 Å². The van der Waals surface area contributed by atoms with Crippen molar-refractivity contribution in [3.05, 3.63) is 72.7 Å². The van der Waals surface area contributed by atoms with Crippen molar-refractivity contribution in [3.63, 3.8) is 0 Å². The first-order valence-corrected chi connectivity index (χ1v) is 9.40. The number of hydrogen-bond acceptors (Lipinski definition) is 6. The summed E-state index contributed by atoms with van der Waals surface area (Å²) >= 11 is 5.95. The zero-order valence-corrected chi connectivity index (χ0v) is 15.9. The SMILES string of the molecule is Nc1ncccc1-c1nc2ccc(-n3nccn3)nc2n1-c1ccc(CCl)cc1. The quantitative estimate of drug-likeness (QED) is 0.462. The van der Waals surface area contributed by atoms with E-state index >= 15 is 0 Å². The molecule has 1 aromatic carbocycles. The van der Waals surface area contributed by atoms with Gasteiger partial charge >= 0.3 is 0 Å². The molecule has 0 aliphatic rings. The number of pyridine rings is 2. The summed E-state index contributed by atoms with van der Waals surface area (Å²) in [5, 5.41) is 8.33. The molecule has 0 saturated heterocycles. The maximum absolute atomic E-state index is 6.15. The van der Waals surface area contributed by atoms with Crippen LogP contribution in [0.25, 0.3) is 34.1 Å². The molecule has 0 aliphatic carbocycles. The smallest absolute Gasteiger partial charge is 0.176 e. The molecule has 0 amide bonds. The van der Waals surface area contributed by atoms with Gasteiger partial charge in [0.25, 0.3) is 0 Å². The van der Waals surface area contributed by atoms with Crippen molar-refractivity contribution in [2.45, 2.75) is 5.88 Å². The lowest BCUT2D eigenvalue weighted by atomic mass is 10.2. The summed E-state index contributed by atoms with van der Waals surface area (Å²) in [7, 11) is 0. The van der Waals surface area contributed by atoms with Crippen LogP contribution in [0.5, 0.6) is 0 Å². The van der Waals surface area contributed by atoms with Gasteiger partial charge in [0.15, 0.2) is 17.3 Å². The second-order valence-electron chi connectivity index (χ2n) is 6.34. The topological polar surface area (TPSA) is 100 Å². The van der Waals surface area contributed by atoms with E-state index in [0.29, 0.717) is 29.0 Å². The molecule has 0 spiro atoms. The van der Waals surface area contributed by atoms with E-state index in [-0.39, 0.29) is 0 Å². The van der Waals surface area contributed by atoms with Gasteiger partial charge in [0.1, 0.15) is 11.3 Å². The number of imidazole rings is 1. The molecule has 5 rings (SSSR count). The van der Waals surface area contributed by atoms with Gasteiger partial charge in [0.05, 0.1) is 18.0 Å². The molecule has 8 nitrogen and oxygen atoms in total. The van der Waals surface area contributed by atoms with Crippen molar-refractivity contribution in [1.82, 2.24) is 34.5 Å². The Balaban J connectivity index is 1.80. The van der Waals surface area contributed by atoms with E-state index in [9.17, 15) is 0 Å². The number of nitrogen functional groups attached to an aromatic ring is 1. The average molecular weight is 403 g/mol. The van der Waals surface area contributed by atoms with Crippen LogP contribution in [-0.4, -0.2) is 34.5 Å². The largest absolute Gasteiger partial charge is 0.383 e. The van der Waals surface area contributed by atoms with Crippen molar-refractivity contribution in [1.29, 1.82) is 0 Å². The fourth-order valence-corrected chi connectivity index (χ4v) is 3.34. The molecule has 9 heteroatoms. The fourth-order valence-electron chi connectivity index (χ4n) is 3.16. The Morgan fingerprint density at radius 3 is 2.41 bits per heavy atom. The second-order valence-corrected chi connectivity index (χ2v) is 6.61. The number of rotatable bonds is 4. The number of halogens is 1. The Labute approximate surface area is 170 Å². The van der Waals surface area contributed by atoms with Crippen molar-refractivity contribution < 1.29 is 0 Å². The predicted octanol–water partition coefficient (Wildman–Crippen LogP) is 3.38. The van der Waals surface area contributed by atoms with E-state index in [1.54, 1.807) is 18.6 Å². The van der Waals surface area contributed by atoms with Crippen LogP contribution in [0.15, 0.2) is 67.1 Å². The van der Waals surface area contributed by atoms with E-state index in [1.807, 2.05) is 53.1 Å². The van der Waals surface area contributed by atoms with Crippen molar-refractivity contribution in [2.75, 3.05) is 5.73 Å². The minimum Gasteiger partial charge on any atom is -0.383 e. The molecule has 0 aliphatic heterocycles. The highest BCUT2D eigenvalue weighted by molar-refractivity contribution is 6.17. The monoisotopic (exact) mass is 402 g/mol. The lowest BCUT2D eigenvalue weighted by Crippen LogP contribution is -2.04. The number of fused-ring (bicyclic) bond motifs is 1. The van der Waals surface area contributed by atoms with Gasteiger partial charge in [0.2, 0.25) is 0 Å². The summed E-state index contributed by atoms with van der Waals surface area (Å²) in [6.45, 7) is 0. The first-order chi connectivity index (χ1) is 14.2. The standard InChI is InChI=1S/C20H15ClN8/c21-12-13-3-5-14(6-4-13)28-19(15-2-1-9-23-18(15)22)26-16-7-8-17(27-20(16)28)29-24-10-11-25-29/h1-11H,12H2,(H2,22,23). The summed E-state index contributed by atoms with van der Waals surface area (Å²) in [6, 6.07) is 15.4. The molecule has 0 bridgehead atoms. The Hall–Kier alpha value is -3.78. The highest BCUT2D eigenvalue weighted by atomic mass is 35.5. The number of anilines is 1. The molecule has 2 N–H and O–H groups in total. The first kappa shape index (κ1) is 17.3. The molecule has 142 valence electrons. The first-order valence-electron chi connectivity index (χ1n) is 8.87. The van der Waals surface area contributed by atoms with Gasteiger partial charge in [-0.3, -0.25) is 4.57 Å². The number of aromatic nitrogens is 7. The van der Waals surface area contributed by atoms with Crippen LogP contribution in [0.1, 0.15) is 5.56 Å². The molecular formula is C20H15ClN8. The number of nitrogens with zero attached hydrogens (tertiary/aromatic N) is 7. The molecule has 29 heavy (non-hydrogen) atoms. The minimum atomic E-state index is 0.399. The average Bonchev–Trinajstić information content (AvgIpc) is 3.42. The summed E-state index contributed by atoms with van der Waals surface area (Å²) in [4.78, 5) is 15.2. The summed E-state index contributed by atoms with van der Waals surface area (Å²) in [5.41, 5.74) is 10.2. The molecule has 0 saturated carbocycles. The van der Waals surface area contributed by atoms with Crippen LogP contribution in [0.4, 0.5) is 5.82 Å². The van der Waals surface area contributed by atoms with Crippen molar-refractivity contribution in [3.8, 4) is 22.9 Å². The van der Waals surface area contributed by atoms with E-state index in [2.05, 4.69) is 15.2 Å². The van der Waals surface area contributed by atoms with Gasteiger partial charge in [-0.2, -0.15) is 10.2 Å². The summed E-state index contributed by atoms with van der Waals surface area (Å²) in [6.07, 6.45) is 4.87. The zero-order chi connectivity index (χ0) is 19.8. The van der Waals surface area contributed by atoms with Crippen molar-refractivity contribution in [2.24, 2.45) is 0 Å². The maximum atomic E-state index is 6.15. The predicted molar refractivity (Wildman–Crippen MR) is 111 cm³/mol. The van der Waals surface area contributed by atoms with E-state index < -0.39 is 0 Å². The van der Waals surface area contributed by atoms with Gasteiger partial charge in [-0.15, -0.1) is 16.4 Å². The molecule has 4 heterocycles. The van der Waals surface area contributed by atoms with E-state index in [1.165, 1.54) is 4.80 Å². The fraction of sp³-hybridized carbons (Fsp3) is 0.0500. The van der Waals surface area contributed by atoms with Crippen LogP contribution in [0.3, 0.4) is 0 Å². The summed E-state index contributed by atoms with van der Waals surface area (Å²) < 4.78 is 1.95. The zero-order valence-electron chi connectivity index (χ0n) is 15.1. The lowest BCUT2D eigenvalue weighted by Gasteiger charge is -2.11. The third kappa shape index (κ3) is 2.99. The highest BCUT2D eigenvalue weighted by Gasteiger charge is 2.18. The van der Waals surface area contributed by atoms with Gasteiger partial charge in [-0.25, -0.2) is 15.0 Å². The Bertz CT molecular complexity index is 1290. The maximum Gasteiger partial charge on any atom is 0.176 e. The molecule has 5 aromatic rings. The Morgan fingerprint density at radius 2 is 1.69 bits per heavy atom. The van der Waals surface area contributed by atoms with Gasteiger partial charge in [-0.05, 0) is 42.0 Å². The highest BCUT2D eigenvalue weighted by Crippen LogP contribution is 2.30. The van der Waals surface area contributed by atoms with Crippen LogP contribution in [-0.2, 0) is 5.88 Å². The lowest BCUT2D eigenvalue weighted by molar-refractivity contribution is 0.731. The third-order valence-electron chi connectivity index (χ3n) is 4.54. The number of benzene rings is 1. The van der Waals surface area contributed by atoms with E-state index in [0.717, 1.165) is 22.3 Å². The number of alkyl halides is 1. The Morgan fingerprint density at radius 1 is 0.897 bits per heavy atom. The van der Waals surface area contributed by atoms with Crippen molar-refractivity contribution >= 4 is 28.6 Å².